The number of amides is 4. The monoisotopic (exact) mass is 1120 g/mol. The van der Waals surface area contributed by atoms with E-state index in [1.807, 2.05) is 0 Å². The summed E-state index contributed by atoms with van der Waals surface area (Å²) in [4.78, 5) is 57.0. The average Bonchev–Trinajstić information content (AvgIpc) is 4.01. The van der Waals surface area contributed by atoms with E-state index in [-0.39, 0.29) is 53.5 Å². The van der Waals surface area contributed by atoms with Crippen LogP contribution >= 0.6 is 15.9 Å². The van der Waals surface area contributed by atoms with Crippen molar-refractivity contribution in [3.8, 4) is 23.1 Å². The molecule has 0 aliphatic rings. The molecule has 4 aromatic heterocycles. The predicted molar refractivity (Wildman–Crippen MR) is 240 cm³/mol. The van der Waals surface area contributed by atoms with Gasteiger partial charge in [-0.15, -0.1) is 0 Å². The zero-order chi connectivity index (χ0) is 54.4. The molecule has 0 saturated heterocycles. The minimum Gasteiger partial charge on any atom is -0.468 e. The van der Waals surface area contributed by atoms with E-state index in [0.29, 0.717) is 29.8 Å². The second kappa shape index (κ2) is 24.8. The summed E-state index contributed by atoms with van der Waals surface area (Å²) in [5, 5.41) is 16.5. The van der Waals surface area contributed by atoms with Crippen LogP contribution in [0, 0.1) is 0 Å². The van der Waals surface area contributed by atoms with E-state index < -0.39 is 84.1 Å². The van der Waals surface area contributed by atoms with Gasteiger partial charge in [0.15, 0.2) is 24.6 Å². The molecule has 0 unspecified atom stereocenters. The number of pyridine rings is 2. The molecule has 2 aromatic carbocycles. The van der Waals surface area contributed by atoms with Crippen LogP contribution in [0.25, 0.3) is 11.4 Å². The molecule has 0 fully saturated rings. The third kappa shape index (κ3) is 16.9. The molecule has 4 N–H and O–H groups in total. The molecule has 0 aliphatic heterocycles. The largest absolute Gasteiger partial charge is 0.468 e. The van der Waals surface area contributed by atoms with Gasteiger partial charge in [-0.25, -0.2) is 19.3 Å². The van der Waals surface area contributed by atoms with Gasteiger partial charge in [0, 0.05) is 56.5 Å². The number of rotatable bonds is 18. The lowest BCUT2D eigenvalue weighted by Gasteiger charge is -2.13. The van der Waals surface area contributed by atoms with E-state index in [2.05, 4.69) is 62.1 Å². The summed E-state index contributed by atoms with van der Waals surface area (Å²) in [6.45, 7) is -2.04. The SMILES string of the molecule is CCCc1cc(C(=O)NCCNC(=O)c2cn(-c3ccccc3)nc2C(F)(F)F)cnc1OCC(F)(F)F.O=C(NCCNC(=O)c1cn(-c2ccccc2)nc1C(F)(F)F)c1cnc(OCC(F)(F)F)c(Br)c1. The molecule has 74 heavy (non-hydrogen) atoms. The Labute approximate surface area is 419 Å². The van der Waals surface area contributed by atoms with E-state index in [9.17, 15) is 71.9 Å². The number of hydrogen-bond acceptors (Lipinski definition) is 10. The second-order valence-corrected chi connectivity index (χ2v) is 16.0. The number of nitrogens with zero attached hydrogens (tertiary/aromatic N) is 6. The van der Waals surface area contributed by atoms with E-state index >= 15 is 0 Å². The lowest BCUT2D eigenvalue weighted by atomic mass is 10.1. The minimum absolute atomic E-state index is 0.00260. The zero-order valence-electron chi connectivity index (χ0n) is 37.9. The van der Waals surface area contributed by atoms with Gasteiger partial charge in [0.2, 0.25) is 11.8 Å². The number of carbonyl (C=O) groups is 4. The molecule has 0 aliphatic carbocycles. The standard InChI is InChI=1S/C24H23F6N5O3.C21H16BrF6N5O3/c1-2-6-15-11-16(12-33-22(15)38-14-23(25,26)27)20(36)31-9-10-32-21(37)18-13-35(17-7-4-3-5-8-17)34-19(18)24(28,29)30;22-15-8-12(9-31-19(15)36-11-20(23,24)25)17(34)29-6-7-30-18(35)14-10-33(13-4-2-1-3-5-13)32-16(14)21(26,27)28/h3-5,7-8,11-13H,2,6,9-10,14H2,1H3,(H,31,36)(H,32,37);1-5,8-10H,6-7,11H2,(H,29,34)(H,30,35). The summed E-state index contributed by atoms with van der Waals surface area (Å²) >= 11 is 2.96. The van der Waals surface area contributed by atoms with Gasteiger partial charge < -0.3 is 30.7 Å². The van der Waals surface area contributed by atoms with Crippen molar-refractivity contribution in [3.05, 3.63) is 141 Å². The molecule has 6 rings (SSSR count). The first-order valence-corrected chi connectivity index (χ1v) is 22.1. The maximum Gasteiger partial charge on any atom is 0.435 e. The third-order valence-corrected chi connectivity index (χ3v) is 9.98. The quantitative estimate of drug-likeness (QED) is 0.0479. The Balaban J connectivity index is 0.000000274. The van der Waals surface area contributed by atoms with E-state index in [4.69, 9.17) is 4.74 Å². The molecule has 4 heterocycles. The fourth-order valence-corrected chi connectivity index (χ4v) is 6.64. The first kappa shape index (κ1) is 57.2. The summed E-state index contributed by atoms with van der Waals surface area (Å²) in [5.74, 6) is -4.01. The highest BCUT2D eigenvalue weighted by Crippen LogP contribution is 2.33. The number of benzene rings is 2. The van der Waals surface area contributed by atoms with Crippen LogP contribution in [0.3, 0.4) is 0 Å². The highest BCUT2D eigenvalue weighted by atomic mass is 79.9. The maximum absolute atomic E-state index is 13.5. The van der Waals surface area contributed by atoms with Crippen LogP contribution in [0.2, 0.25) is 0 Å². The Morgan fingerprint density at radius 2 is 0.932 bits per heavy atom. The molecular formula is C45H39BrF12N10O6. The van der Waals surface area contributed by atoms with Crippen LogP contribution in [-0.4, -0.2) is 105 Å². The number of hydrogen-bond donors (Lipinski definition) is 4. The van der Waals surface area contributed by atoms with Crippen molar-refractivity contribution in [1.82, 2.24) is 50.8 Å². The molecule has 29 heteroatoms. The predicted octanol–water partition coefficient (Wildman–Crippen LogP) is 8.49. The summed E-state index contributed by atoms with van der Waals surface area (Å²) < 4.78 is 166. The van der Waals surface area contributed by atoms with Crippen molar-refractivity contribution in [2.75, 3.05) is 39.4 Å². The molecule has 0 saturated carbocycles. The van der Waals surface area contributed by atoms with Crippen LogP contribution < -0.4 is 30.7 Å². The Morgan fingerprint density at radius 3 is 1.31 bits per heavy atom. The summed E-state index contributed by atoms with van der Waals surface area (Å²) in [6, 6.07) is 18.4. The van der Waals surface area contributed by atoms with E-state index in [0.717, 1.165) is 34.2 Å². The zero-order valence-corrected chi connectivity index (χ0v) is 39.5. The van der Waals surface area contributed by atoms with Crippen molar-refractivity contribution >= 4 is 39.6 Å². The van der Waals surface area contributed by atoms with Crippen LogP contribution in [0.1, 0.15) is 71.7 Å². The van der Waals surface area contributed by atoms with E-state index in [1.54, 1.807) is 43.3 Å². The third-order valence-electron chi connectivity index (χ3n) is 9.41. The van der Waals surface area contributed by atoms with Gasteiger partial charge in [0.1, 0.15) is 0 Å². The number of para-hydroxylation sites is 2. The van der Waals surface area contributed by atoms with Crippen molar-refractivity contribution < 1.29 is 81.3 Å². The van der Waals surface area contributed by atoms with Crippen LogP contribution in [0.15, 0.2) is 102 Å². The number of carbonyl (C=O) groups excluding carboxylic acids is 4. The molecule has 16 nitrogen and oxygen atoms in total. The van der Waals surface area contributed by atoms with Gasteiger partial charge in [-0.05, 0) is 58.7 Å². The first-order valence-electron chi connectivity index (χ1n) is 21.3. The minimum atomic E-state index is -4.88. The van der Waals surface area contributed by atoms with Gasteiger partial charge in [0.05, 0.1) is 38.1 Å². The molecular weight excluding hydrogens is 1080 g/mol. The summed E-state index contributed by atoms with van der Waals surface area (Å²) in [7, 11) is 0. The van der Waals surface area contributed by atoms with Gasteiger partial charge in [0.25, 0.3) is 23.6 Å². The molecule has 0 bridgehead atoms. The number of nitrogens with one attached hydrogen (secondary N) is 4. The normalized spacial score (nSPS) is 11.8. The highest BCUT2D eigenvalue weighted by Gasteiger charge is 2.40. The number of alkyl halides is 12. The molecule has 0 radical (unpaired) electrons. The van der Waals surface area contributed by atoms with Crippen molar-refractivity contribution in [3.63, 3.8) is 0 Å². The lowest BCUT2D eigenvalue weighted by molar-refractivity contribution is -0.154. The van der Waals surface area contributed by atoms with Crippen LogP contribution in [0.4, 0.5) is 52.7 Å². The Bertz CT molecular complexity index is 2880. The molecule has 0 atom stereocenters. The number of halogens is 13. The number of aryl methyl sites for hydroxylation is 1. The first-order chi connectivity index (χ1) is 34.7. The topological polar surface area (TPSA) is 196 Å². The van der Waals surface area contributed by atoms with Crippen LogP contribution in [0.5, 0.6) is 11.8 Å². The molecule has 6 aromatic rings. The van der Waals surface area contributed by atoms with Crippen molar-refractivity contribution in [2.24, 2.45) is 0 Å². The Morgan fingerprint density at radius 1 is 0.554 bits per heavy atom. The van der Waals surface area contributed by atoms with Crippen molar-refractivity contribution in [1.29, 1.82) is 0 Å². The maximum atomic E-state index is 13.5. The number of ether oxygens (including phenoxy) is 2. The van der Waals surface area contributed by atoms with Gasteiger partial charge in [-0.1, -0.05) is 49.7 Å². The fraction of sp³-hybridized carbons (Fsp3) is 0.289. The summed E-state index contributed by atoms with van der Waals surface area (Å²) in [6.07, 6.45) is -14.0. The average molecular weight is 1120 g/mol. The lowest BCUT2D eigenvalue weighted by Crippen LogP contribution is -2.35. The Hall–Kier alpha value is -7.72. The second-order valence-electron chi connectivity index (χ2n) is 15.1. The van der Waals surface area contributed by atoms with Gasteiger partial charge in [-0.2, -0.15) is 62.9 Å². The molecule has 4 amide bonds. The number of aromatic nitrogens is 6. The fourth-order valence-electron chi connectivity index (χ4n) is 6.18. The van der Waals surface area contributed by atoms with E-state index in [1.165, 1.54) is 36.4 Å². The molecule has 396 valence electrons. The van der Waals surface area contributed by atoms with Crippen molar-refractivity contribution in [2.45, 2.75) is 44.5 Å². The van der Waals surface area contributed by atoms with Gasteiger partial charge >= 0.3 is 24.7 Å². The smallest absolute Gasteiger partial charge is 0.435 e. The summed E-state index contributed by atoms with van der Waals surface area (Å²) in [5.41, 5.74) is -3.12. The van der Waals surface area contributed by atoms with Gasteiger partial charge in [-0.3, -0.25) is 19.2 Å². The Kier molecular flexibility index (Phi) is 19.2. The molecule has 0 spiro atoms. The highest BCUT2D eigenvalue weighted by molar-refractivity contribution is 9.10. The van der Waals surface area contributed by atoms with Crippen LogP contribution in [-0.2, 0) is 18.8 Å².